The summed E-state index contributed by atoms with van der Waals surface area (Å²) >= 11 is 0. The molecule has 1 N–H and O–H groups in total. The van der Waals surface area contributed by atoms with Crippen molar-refractivity contribution in [1.29, 1.82) is 0 Å². The van der Waals surface area contributed by atoms with E-state index in [1.165, 1.54) is 20.3 Å². The molecule has 0 spiro atoms. The average Bonchev–Trinajstić information content (AvgIpc) is 2.82. The largest absolute Gasteiger partial charge is 0.497 e. The molecular formula is C24H20N2O6. The fraction of sp³-hybridized carbons (Fsp3) is 0.167. The van der Waals surface area contributed by atoms with Crippen LogP contribution in [0.4, 0.5) is 0 Å². The molecule has 0 unspecified atom stereocenters. The van der Waals surface area contributed by atoms with Gasteiger partial charge in [0.25, 0.3) is 5.91 Å². The van der Waals surface area contributed by atoms with Crippen LogP contribution in [0, 0.1) is 0 Å². The second-order valence-electron chi connectivity index (χ2n) is 7.10. The van der Waals surface area contributed by atoms with Crippen LogP contribution in [0.5, 0.6) is 5.75 Å². The molecule has 0 aliphatic heterocycles. The molecule has 2 aromatic heterocycles. The van der Waals surface area contributed by atoms with Gasteiger partial charge in [-0.2, -0.15) is 0 Å². The van der Waals surface area contributed by atoms with Crippen LogP contribution >= 0.6 is 0 Å². The molecule has 1 atom stereocenters. The summed E-state index contributed by atoms with van der Waals surface area (Å²) in [7, 11) is 2.74. The van der Waals surface area contributed by atoms with Crippen molar-refractivity contribution in [3.05, 3.63) is 82.3 Å². The van der Waals surface area contributed by atoms with Crippen molar-refractivity contribution in [3.8, 4) is 5.75 Å². The number of esters is 1. The lowest BCUT2D eigenvalue weighted by Crippen LogP contribution is -2.43. The highest BCUT2D eigenvalue weighted by Gasteiger charge is 2.25. The van der Waals surface area contributed by atoms with E-state index in [0.29, 0.717) is 27.8 Å². The molecule has 1 amide bonds. The number of hydrogen-bond donors (Lipinski definition) is 1. The van der Waals surface area contributed by atoms with Gasteiger partial charge in [-0.05, 0) is 29.8 Å². The molecule has 4 rings (SSSR count). The van der Waals surface area contributed by atoms with Gasteiger partial charge in [0.2, 0.25) is 0 Å². The van der Waals surface area contributed by atoms with Crippen LogP contribution in [0.2, 0.25) is 0 Å². The zero-order valence-electron chi connectivity index (χ0n) is 17.5. The number of benzene rings is 2. The Morgan fingerprint density at radius 1 is 1.06 bits per heavy atom. The number of nitrogens with zero attached hydrogens (tertiary/aromatic N) is 1. The first kappa shape index (κ1) is 21.0. The van der Waals surface area contributed by atoms with Crippen molar-refractivity contribution in [2.75, 3.05) is 14.2 Å². The second-order valence-corrected chi connectivity index (χ2v) is 7.10. The van der Waals surface area contributed by atoms with E-state index in [4.69, 9.17) is 13.9 Å². The zero-order chi connectivity index (χ0) is 22.7. The van der Waals surface area contributed by atoms with Gasteiger partial charge in [0, 0.05) is 29.3 Å². The molecule has 2 heterocycles. The lowest BCUT2D eigenvalue weighted by molar-refractivity contribution is -0.142. The Morgan fingerprint density at radius 3 is 2.66 bits per heavy atom. The van der Waals surface area contributed by atoms with E-state index in [0.717, 1.165) is 5.39 Å². The van der Waals surface area contributed by atoms with Crippen LogP contribution in [-0.4, -0.2) is 37.1 Å². The smallest absolute Gasteiger partial charge is 0.336 e. The maximum atomic E-state index is 12.8. The van der Waals surface area contributed by atoms with Crippen LogP contribution in [0.1, 0.15) is 16.1 Å². The minimum atomic E-state index is -1.03. The predicted molar refractivity (Wildman–Crippen MR) is 118 cm³/mol. The van der Waals surface area contributed by atoms with Crippen molar-refractivity contribution in [3.63, 3.8) is 0 Å². The zero-order valence-corrected chi connectivity index (χ0v) is 17.5. The van der Waals surface area contributed by atoms with Crippen molar-refractivity contribution >= 4 is 33.7 Å². The summed E-state index contributed by atoms with van der Waals surface area (Å²) in [6.45, 7) is 0. The van der Waals surface area contributed by atoms with Crippen molar-refractivity contribution in [1.82, 2.24) is 10.3 Å². The molecular weight excluding hydrogens is 412 g/mol. The third-order valence-corrected chi connectivity index (χ3v) is 5.08. The average molecular weight is 432 g/mol. The first-order valence-corrected chi connectivity index (χ1v) is 9.84. The fourth-order valence-corrected chi connectivity index (χ4v) is 3.49. The first-order chi connectivity index (χ1) is 15.5. The molecule has 2 aromatic carbocycles. The van der Waals surface area contributed by atoms with Crippen molar-refractivity contribution < 1.29 is 23.5 Å². The highest BCUT2D eigenvalue weighted by atomic mass is 16.5. The van der Waals surface area contributed by atoms with Gasteiger partial charge in [0.1, 0.15) is 23.1 Å². The van der Waals surface area contributed by atoms with E-state index in [1.54, 1.807) is 36.4 Å². The SMILES string of the molecule is COC(=O)[C@@H](Cc1cc(=O)oc2cc(OC)ccc12)NC(=O)c1ccc2ccccc2n1. The lowest BCUT2D eigenvalue weighted by atomic mass is 10.0. The van der Waals surface area contributed by atoms with Gasteiger partial charge in [-0.25, -0.2) is 14.6 Å². The fourth-order valence-electron chi connectivity index (χ4n) is 3.49. The number of fused-ring (bicyclic) bond motifs is 2. The number of nitrogens with one attached hydrogen (secondary N) is 1. The van der Waals surface area contributed by atoms with Gasteiger partial charge >= 0.3 is 11.6 Å². The summed E-state index contributed by atoms with van der Waals surface area (Å²) in [4.78, 5) is 41.7. The van der Waals surface area contributed by atoms with Crippen LogP contribution in [0.15, 0.2) is 69.9 Å². The molecule has 8 heteroatoms. The number of aromatic nitrogens is 1. The van der Waals surface area contributed by atoms with Gasteiger partial charge in [0.15, 0.2) is 0 Å². The van der Waals surface area contributed by atoms with Gasteiger partial charge in [-0.3, -0.25) is 4.79 Å². The van der Waals surface area contributed by atoms with E-state index in [2.05, 4.69) is 10.3 Å². The Morgan fingerprint density at radius 2 is 1.88 bits per heavy atom. The van der Waals surface area contributed by atoms with Gasteiger partial charge in [-0.1, -0.05) is 24.3 Å². The number of para-hydroxylation sites is 1. The standard InChI is InChI=1S/C24H20N2O6/c1-30-16-8-9-17-15(12-22(27)32-21(17)13-16)11-20(24(29)31-2)26-23(28)19-10-7-14-5-3-4-6-18(14)25-19/h3-10,12-13,20H,11H2,1-2H3,(H,26,28)/t20-/m1/s1. The maximum Gasteiger partial charge on any atom is 0.336 e. The lowest BCUT2D eigenvalue weighted by Gasteiger charge is -2.17. The van der Waals surface area contributed by atoms with Gasteiger partial charge < -0.3 is 19.2 Å². The molecule has 0 radical (unpaired) electrons. The minimum absolute atomic E-state index is 0.0282. The Labute approximate surface area is 182 Å². The number of amides is 1. The van der Waals surface area contributed by atoms with Crippen molar-refractivity contribution in [2.45, 2.75) is 12.5 Å². The molecule has 0 bridgehead atoms. The summed E-state index contributed by atoms with van der Waals surface area (Å²) in [5.41, 5.74) is 1.10. The predicted octanol–water partition coefficient (Wildman–Crippen LogP) is 2.86. The number of pyridine rings is 1. The van der Waals surface area contributed by atoms with E-state index < -0.39 is 23.5 Å². The topological polar surface area (TPSA) is 108 Å². The quantitative estimate of drug-likeness (QED) is 0.369. The first-order valence-electron chi connectivity index (χ1n) is 9.84. The molecule has 0 aliphatic carbocycles. The number of carbonyl (C=O) groups is 2. The summed E-state index contributed by atoms with van der Waals surface area (Å²) in [5, 5.41) is 4.19. The molecule has 0 saturated heterocycles. The molecule has 0 saturated carbocycles. The summed E-state index contributed by atoms with van der Waals surface area (Å²) in [6.07, 6.45) is 0.0282. The molecule has 8 nitrogen and oxygen atoms in total. The minimum Gasteiger partial charge on any atom is -0.497 e. The number of rotatable bonds is 6. The third kappa shape index (κ3) is 4.29. The molecule has 4 aromatic rings. The van der Waals surface area contributed by atoms with Crippen LogP contribution in [-0.2, 0) is 16.0 Å². The van der Waals surface area contributed by atoms with Crippen LogP contribution < -0.4 is 15.7 Å². The van der Waals surface area contributed by atoms with E-state index >= 15 is 0 Å². The Kier molecular flexibility index (Phi) is 5.85. The van der Waals surface area contributed by atoms with Gasteiger partial charge in [-0.15, -0.1) is 0 Å². The summed E-state index contributed by atoms with van der Waals surface area (Å²) < 4.78 is 15.3. The Bertz CT molecular complexity index is 1380. The maximum absolute atomic E-state index is 12.8. The van der Waals surface area contributed by atoms with E-state index in [-0.39, 0.29) is 12.1 Å². The summed E-state index contributed by atoms with van der Waals surface area (Å²) in [6, 6.07) is 16.1. The Hall–Kier alpha value is -4.20. The number of ether oxygens (including phenoxy) is 2. The molecule has 162 valence electrons. The monoisotopic (exact) mass is 432 g/mol. The number of hydrogen-bond acceptors (Lipinski definition) is 7. The molecule has 32 heavy (non-hydrogen) atoms. The third-order valence-electron chi connectivity index (χ3n) is 5.08. The molecule has 0 fully saturated rings. The highest BCUT2D eigenvalue weighted by molar-refractivity contribution is 5.97. The van der Waals surface area contributed by atoms with Gasteiger partial charge in [0.05, 0.1) is 19.7 Å². The number of methoxy groups -OCH3 is 2. The molecule has 0 aliphatic rings. The van der Waals surface area contributed by atoms with Crippen molar-refractivity contribution in [2.24, 2.45) is 0 Å². The van der Waals surface area contributed by atoms with Crippen LogP contribution in [0.3, 0.4) is 0 Å². The van der Waals surface area contributed by atoms with E-state index in [1.807, 2.05) is 18.2 Å². The highest BCUT2D eigenvalue weighted by Crippen LogP contribution is 2.23. The normalized spacial score (nSPS) is 11.8. The van der Waals surface area contributed by atoms with E-state index in [9.17, 15) is 14.4 Å². The van der Waals surface area contributed by atoms with Crippen LogP contribution in [0.25, 0.3) is 21.9 Å². The Balaban J connectivity index is 1.65. The second kappa shape index (κ2) is 8.89. The summed E-state index contributed by atoms with van der Waals surface area (Å²) in [5.74, 6) is -0.646. The number of carbonyl (C=O) groups excluding carboxylic acids is 2.